The maximum atomic E-state index is 13.1. The molecule has 138 valence electrons. The number of sulfonamides is 1. The smallest absolute Gasteiger partial charge is 0.264 e. The Kier molecular flexibility index (Phi) is 5.12. The summed E-state index contributed by atoms with van der Waals surface area (Å²) in [5, 5.41) is 0. The lowest BCUT2D eigenvalue weighted by atomic mass is 10.1. The van der Waals surface area contributed by atoms with E-state index in [1.54, 1.807) is 17.0 Å². The summed E-state index contributed by atoms with van der Waals surface area (Å²) < 4.78 is 29.6. The number of hydrogen-bond donors (Lipinski definition) is 1. The molecule has 1 unspecified atom stereocenters. The molecule has 2 aromatic carbocycles. The fourth-order valence-electron chi connectivity index (χ4n) is 3.42. The Morgan fingerprint density at radius 1 is 1.31 bits per heavy atom. The van der Waals surface area contributed by atoms with Crippen molar-refractivity contribution in [3.05, 3.63) is 52.0 Å². The predicted octanol–water partition coefficient (Wildman–Crippen LogP) is 4.11. The molecule has 26 heavy (non-hydrogen) atoms. The minimum Gasteiger partial charge on any atom is -0.308 e. The number of halogens is 1. The first-order chi connectivity index (χ1) is 12.2. The van der Waals surface area contributed by atoms with Gasteiger partial charge in [0, 0.05) is 23.1 Å². The van der Waals surface area contributed by atoms with Gasteiger partial charge in [0.1, 0.15) is 4.90 Å². The Hall–Kier alpha value is -1.86. The van der Waals surface area contributed by atoms with Crippen molar-refractivity contribution in [2.75, 3.05) is 9.62 Å². The Morgan fingerprint density at radius 3 is 2.69 bits per heavy atom. The highest BCUT2D eigenvalue weighted by molar-refractivity contribution is 9.10. The van der Waals surface area contributed by atoms with Crippen LogP contribution in [0.1, 0.15) is 31.9 Å². The lowest BCUT2D eigenvalue weighted by Gasteiger charge is -2.23. The van der Waals surface area contributed by atoms with Crippen molar-refractivity contribution in [1.29, 1.82) is 0 Å². The fourth-order valence-corrected chi connectivity index (χ4v) is 5.39. The SMILES string of the molecule is CCc1cccc(NS(=O)(=O)c2cc(Br)cc3c2N(C(C)=O)C(C)C3)c1. The molecule has 1 N–H and O–H groups in total. The van der Waals surface area contributed by atoms with Gasteiger partial charge < -0.3 is 4.90 Å². The van der Waals surface area contributed by atoms with E-state index in [4.69, 9.17) is 0 Å². The lowest BCUT2D eigenvalue weighted by molar-refractivity contribution is -0.116. The molecule has 1 aliphatic rings. The molecule has 0 saturated heterocycles. The Labute approximate surface area is 162 Å². The van der Waals surface area contributed by atoms with E-state index in [1.165, 1.54) is 6.92 Å². The van der Waals surface area contributed by atoms with Crippen LogP contribution in [-0.2, 0) is 27.7 Å². The third kappa shape index (κ3) is 3.50. The van der Waals surface area contributed by atoms with Crippen LogP contribution in [0.15, 0.2) is 45.8 Å². The number of carbonyl (C=O) groups excluding carboxylic acids is 1. The molecule has 3 rings (SSSR count). The summed E-state index contributed by atoms with van der Waals surface area (Å²) in [6.07, 6.45) is 1.44. The van der Waals surface area contributed by atoms with E-state index in [0.29, 0.717) is 22.3 Å². The second-order valence-corrected chi connectivity index (χ2v) is 9.08. The van der Waals surface area contributed by atoms with Crippen LogP contribution in [-0.4, -0.2) is 20.4 Å². The summed E-state index contributed by atoms with van der Waals surface area (Å²) in [5.41, 5.74) is 2.89. The van der Waals surface area contributed by atoms with Gasteiger partial charge in [0.2, 0.25) is 5.91 Å². The quantitative estimate of drug-likeness (QED) is 0.783. The van der Waals surface area contributed by atoms with E-state index in [0.717, 1.165) is 17.5 Å². The van der Waals surface area contributed by atoms with Crippen molar-refractivity contribution < 1.29 is 13.2 Å². The Morgan fingerprint density at radius 2 is 2.04 bits per heavy atom. The average molecular weight is 437 g/mol. The third-order valence-corrected chi connectivity index (χ3v) is 6.38. The number of amides is 1. The molecule has 5 nitrogen and oxygen atoms in total. The highest BCUT2D eigenvalue weighted by Gasteiger charge is 2.35. The number of hydrogen-bond acceptors (Lipinski definition) is 3. The van der Waals surface area contributed by atoms with Crippen LogP contribution in [0.5, 0.6) is 0 Å². The van der Waals surface area contributed by atoms with Gasteiger partial charge in [0.25, 0.3) is 10.0 Å². The van der Waals surface area contributed by atoms with Crippen LogP contribution >= 0.6 is 15.9 Å². The molecule has 1 aliphatic heterocycles. The van der Waals surface area contributed by atoms with Crippen molar-refractivity contribution >= 4 is 43.2 Å². The minimum absolute atomic E-state index is 0.0748. The molecule has 0 radical (unpaired) electrons. The highest BCUT2D eigenvalue weighted by atomic mass is 79.9. The molecule has 1 heterocycles. The van der Waals surface area contributed by atoms with Gasteiger partial charge >= 0.3 is 0 Å². The lowest BCUT2D eigenvalue weighted by Crippen LogP contribution is -2.34. The van der Waals surface area contributed by atoms with E-state index >= 15 is 0 Å². The van der Waals surface area contributed by atoms with Gasteiger partial charge in [-0.15, -0.1) is 0 Å². The van der Waals surface area contributed by atoms with Gasteiger partial charge in [0.05, 0.1) is 5.69 Å². The standard InChI is InChI=1S/C19H21BrN2O3S/c1-4-14-6-5-7-17(9-14)21-26(24,25)18-11-16(20)10-15-8-12(2)22(13(3)23)19(15)18/h5-7,9-12,21H,4,8H2,1-3H3. The minimum atomic E-state index is -3.85. The first-order valence-electron chi connectivity index (χ1n) is 8.47. The van der Waals surface area contributed by atoms with Crippen molar-refractivity contribution in [2.45, 2.75) is 44.6 Å². The van der Waals surface area contributed by atoms with Crippen molar-refractivity contribution in [2.24, 2.45) is 0 Å². The molecule has 1 amide bonds. The summed E-state index contributed by atoms with van der Waals surface area (Å²) in [5.74, 6) is -0.164. The fraction of sp³-hybridized carbons (Fsp3) is 0.316. The topological polar surface area (TPSA) is 66.5 Å². The van der Waals surface area contributed by atoms with Gasteiger partial charge in [-0.1, -0.05) is 35.0 Å². The van der Waals surface area contributed by atoms with Crippen molar-refractivity contribution in [3.63, 3.8) is 0 Å². The summed E-state index contributed by atoms with van der Waals surface area (Å²) in [6.45, 7) is 5.40. The van der Waals surface area contributed by atoms with E-state index in [1.807, 2.05) is 38.1 Å². The molecule has 0 fully saturated rings. The molecule has 1 atom stereocenters. The molecule has 0 spiro atoms. The maximum absolute atomic E-state index is 13.1. The Balaban J connectivity index is 2.10. The van der Waals surface area contributed by atoms with Gasteiger partial charge in [0.15, 0.2) is 0 Å². The molecular weight excluding hydrogens is 416 g/mol. The number of nitrogens with zero attached hydrogens (tertiary/aromatic N) is 1. The number of carbonyl (C=O) groups is 1. The van der Waals surface area contributed by atoms with E-state index in [-0.39, 0.29) is 16.8 Å². The second-order valence-electron chi connectivity index (χ2n) is 6.51. The summed E-state index contributed by atoms with van der Waals surface area (Å²) in [6, 6.07) is 10.7. The van der Waals surface area contributed by atoms with E-state index in [9.17, 15) is 13.2 Å². The number of rotatable bonds is 4. The molecule has 0 aromatic heterocycles. The van der Waals surface area contributed by atoms with Crippen molar-refractivity contribution in [1.82, 2.24) is 0 Å². The number of benzene rings is 2. The summed E-state index contributed by atoms with van der Waals surface area (Å²) >= 11 is 3.40. The van der Waals surface area contributed by atoms with Crippen LogP contribution in [0.4, 0.5) is 11.4 Å². The normalized spacial score (nSPS) is 16.5. The van der Waals surface area contributed by atoms with Gasteiger partial charge in [-0.25, -0.2) is 8.42 Å². The molecule has 7 heteroatoms. The zero-order chi connectivity index (χ0) is 19.1. The molecule has 0 aliphatic carbocycles. The molecule has 0 bridgehead atoms. The number of anilines is 2. The highest BCUT2D eigenvalue weighted by Crippen LogP contribution is 2.40. The Bertz CT molecular complexity index is 973. The molecule has 2 aromatic rings. The summed E-state index contributed by atoms with van der Waals surface area (Å²) in [4.78, 5) is 13.8. The van der Waals surface area contributed by atoms with Gasteiger partial charge in [-0.3, -0.25) is 9.52 Å². The van der Waals surface area contributed by atoms with E-state index in [2.05, 4.69) is 20.7 Å². The van der Waals surface area contributed by atoms with E-state index < -0.39 is 10.0 Å². The number of fused-ring (bicyclic) bond motifs is 1. The van der Waals surface area contributed by atoms with Gasteiger partial charge in [-0.05, 0) is 55.2 Å². The van der Waals surface area contributed by atoms with Crippen molar-refractivity contribution in [3.8, 4) is 0 Å². The summed E-state index contributed by atoms with van der Waals surface area (Å²) in [7, 11) is -3.85. The first kappa shape index (κ1) is 18.9. The average Bonchev–Trinajstić information content (AvgIpc) is 2.89. The largest absolute Gasteiger partial charge is 0.308 e. The zero-order valence-corrected chi connectivity index (χ0v) is 17.3. The predicted molar refractivity (Wildman–Crippen MR) is 107 cm³/mol. The van der Waals surface area contributed by atoms with Crippen LogP contribution in [0.3, 0.4) is 0 Å². The maximum Gasteiger partial charge on any atom is 0.264 e. The second kappa shape index (κ2) is 7.04. The molecule has 0 saturated carbocycles. The van der Waals surface area contributed by atoms with Crippen LogP contribution in [0.2, 0.25) is 0 Å². The van der Waals surface area contributed by atoms with Crippen LogP contribution in [0, 0.1) is 0 Å². The monoisotopic (exact) mass is 436 g/mol. The number of nitrogens with one attached hydrogen (secondary N) is 1. The van der Waals surface area contributed by atoms with Crippen LogP contribution < -0.4 is 9.62 Å². The van der Waals surface area contributed by atoms with Crippen LogP contribution in [0.25, 0.3) is 0 Å². The number of aryl methyl sites for hydroxylation is 1. The first-order valence-corrected chi connectivity index (χ1v) is 10.7. The third-order valence-electron chi connectivity index (χ3n) is 4.53. The molecular formula is C19H21BrN2O3S. The zero-order valence-electron chi connectivity index (χ0n) is 14.9. The van der Waals surface area contributed by atoms with Gasteiger partial charge in [-0.2, -0.15) is 0 Å².